The predicted molar refractivity (Wildman–Crippen MR) is 138 cm³/mol. The molecule has 4 heterocycles. The lowest BCUT2D eigenvalue weighted by Gasteiger charge is -2.36. The van der Waals surface area contributed by atoms with Crippen LogP contribution in [0.2, 0.25) is 0 Å². The molecule has 0 radical (unpaired) electrons. The third-order valence-electron chi connectivity index (χ3n) is 8.09. The van der Waals surface area contributed by atoms with Crippen LogP contribution >= 0.6 is 0 Å². The first-order valence-electron chi connectivity index (χ1n) is 13.2. The summed E-state index contributed by atoms with van der Waals surface area (Å²) in [5.41, 5.74) is 4.14. The highest BCUT2D eigenvalue weighted by Gasteiger charge is 2.40. The number of carbonyl (C=O) groups excluding carboxylic acids is 3. The normalized spacial score (nSPS) is 22.6. The number of nitrogens with one attached hydrogen (secondary N) is 1. The van der Waals surface area contributed by atoms with Gasteiger partial charge >= 0.3 is 0 Å². The summed E-state index contributed by atoms with van der Waals surface area (Å²) in [4.78, 5) is 45.1. The molecule has 1 atom stereocenters. The maximum atomic E-state index is 15.2. The van der Waals surface area contributed by atoms with E-state index in [4.69, 9.17) is 0 Å². The summed E-state index contributed by atoms with van der Waals surface area (Å²) >= 11 is 0. The minimum absolute atomic E-state index is 0.197. The van der Waals surface area contributed by atoms with Crippen LogP contribution in [0.25, 0.3) is 0 Å². The van der Waals surface area contributed by atoms with E-state index in [9.17, 15) is 14.4 Å². The van der Waals surface area contributed by atoms with Gasteiger partial charge in [-0.1, -0.05) is 12.1 Å². The van der Waals surface area contributed by atoms with E-state index in [0.29, 0.717) is 30.8 Å². The van der Waals surface area contributed by atoms with Gasteiger partial charge in [0.15, 0.2) is 0 Å². The first-order valence-corrected chi connectivity index (χ1v) is 13.2. The zero-order chi connectivity index (χ0) is 25.5. The molecule has 6 rings (SSSR count). The van der Waals surface area contributed by atoms with Gasteiger partial charge in [0.25, 0.3) is 5.91 Å². The molecule has 194 valence electrons. The molecule has 2 aromatic carbocycles. The van der Waals surface area contributed by atoms with E-state index < -0.39 is 17.8 Å². The summed E-state index contributed by atoms with van der Waals surface area (Å²) in [6.45, 7) is 6.44. The maximum absolute atomic E-state index is 15.2. The fourth-order valence-electron chi connectivity index (χ4n) is 6.05. The molecular formula is C28H32FN5O3. The number of piperazine rings is 1. The number of amides is 3. The minimum atomic E-state index is -0.698. The first kappa shape index (κ1) is 23.9. The van der Waals surface area contributed by atoms with Gasteiger partial charge in [-0.3, -0.25) is 24.6 Å². The van der Waals surface area contributed by atoms with E-state index in [1.807, 2.05) is 4.90 Å². The Kier molecular flexibility index (Phi) is 6.32. The second-order valence-corrected chi connectivity index (χ2v) is 10.5. The molecule has 1 N–H and O–H groups in total. The summed E-state index contributed by atoms with van der Waals surface area (Å²) < 4.78 is 15.2. The van der Waals surface area contributed by atoms with Gasteiger partial charge in [-0.15, -0.1) is 0 Å². The summed E-state index contributed by atoms with van der Waals surface area (Å²) in [6.07, 6.45) is 3.01. The fourth-order valence-corrected chi connectivity index (χ4v) is 6.05. The Labute approximate surface area is 216 Å². The van der Waals surface area contributed by atoms with E-state index in [0.717, 1.165) is 38.3 Å². The summed E-state index contributed by atoms with van der Waals surface area (Å²) in [7, 11) is 0. The highest BCUT2D eigenvalue weighted by molar-refractivity contribution is 6.05. The molecule has 0 bridgehead atoms. The number of halogens is 1. The van der Waals surface area contributed by atoms with Crippen molar-refractivity contribution in [2.75, 3.05) is 49.1 Å². The zero-order valence-corrected chi connectivity index (χ0v) is 20.9. The average molecular weight is 506 g/mol. The van der Waals surface area contributed by atoms with Crippen molar-refractivity contribution in [1.29, 1.82) is 0 Å². The van der Waals surface area contributed by atoms with Crippen molar-refractivity contribution >= 4 is 29.1 Å². The molecule has 1 unspecified atom stereocenters. The van der Waals surface area contributed by atoms with Gasteiger partial charge in [0.1, 0.15) is 11.9 Å². The van der Waals surface area contributed by atoms with Crippen molar-refractivity contribution in [3.05, 3.63) is 58.9 Å². The number of hydrogen-bond donors (Lipinski definition) is 1. The van der Waals surface area contributed by atoms with Crippen LogP contribution in [0.15, 0.2) is 36.4 Å². The summed E-state index contributed by atoms with van der Waals surface area (Å²) in [5, 5.41) is 2.31. The van der Waals surface area contributed by atoms with Crippen molar-refractivity contribution in [2.24, 2.45) is 0 Å². The van der Waals surface area contributed by atoms with Crippen LogP contribution in [0.4, 0.5) is 15.8 Å². The molecule has 0 aromatic heterocycles. The number of piperidine rings is 1. The molecule has 4 aliphatic heterocycles. The quantitative estimate of drug-likeness (QED) is 0.630. The highest BCUT2D eigenvalue weighted by Crippen LogP contribution is 2.33. The van der Waals surface area contributed by atoms with Crippen LogP contribution in [0.3, 0.4) is 0 Å². The lowest BCUT2D eigenvalue weighted by molar-refractivity contribution is -0.136. The predicted octanol–water partition coefficient (Wildman–Crippen LogP) is 2.51. The van der Waals surface area contributed by atoms with E-state index in [1.54, 1.807) is 6.07 Å². The van der Waals surface area contributed by atoms with Gasteiger partial charge in [-0.05, 0) is 54.7 Å². The third-order valence-corrected chi connectivity index (χ3v) is 8.09. The van der Waals surface area contributed by atoms with Crippen LogP contribution in [-0.2, 0) is 22.7 Å². The van der Waals surface area contributed by atoms with E-state index in [2.05, 4.69) is 39.4 Å². The standard InChI is InChI=1S/C28H32FN5O3/c29-23-16-22-20(18-34(28(22)37)24-6-7-26(35)30-27(24)36)15-25(23)33-12-10-31(11-13-33)17-19-4-3-5-21(14-19)32-8-1-2-9-32/h3-5,14-16,24H,1-2,6-13,17-18H2,(H,30,35,36). The van der Waals surface area contributed by atoms with Gasteiger partial charge in [0.2, 0.25) is 11.8 Å². The minimum Gasteiger partial charge on any atom is -0.372 e. The van der Waals surface area contributed by atoms with E-state index in [-0.39, 0.29) is 24.8 Å². The van der Waals surface area contributed by atoms with Crippen molar-refractivity contribution in [3.8, 4) is 0 Å². The SMILES string of the molecule is O=C1CCC(N2Cc3cc(N4CCN(Cc5cccc(N6CCCC6)c5)CC4)c(F)cc3C2=O)C(=O)N1. The topological polar surface area (TPSA) is 76.2 Å². The van der Waals surface area contributed by atoms with Crippen molar-refractivity contribution in [2.45, 2.75) is 44.8 Å². The number of imide groups is 1. The molecule has 3 saturated heterocycles. The van der Waals surface area contributed by atoms with Gasteiger partial charge in [-0.2, -0.15) is 0 Å². The monoisotopic (exact) mass is 505 g/mol. The number of fused-ring (bicyclic) bond motifs is 1. The Hall–Kier alpha value is -3.46. The Bertz CT molecular complexity index is 1240. The Balaban J connectivity index is 1.10. The number of anilines is 2. The number of nitrogens with zero attached hydrogens (tertiary/aromatic N) is 4. The highest BCUT2D eigenvalue weighted by atomic mass is 19.1. The number of carbonyl (C=O) groups is 3. The molecule has 2 aromatic rings. The molecule has 0 saturated carbocycles. The number of rotatable bonds is 5. The third kappa shape index (κ3) is 4.68. The van der Waals surface area contributed by atoms with Crippen LogP contribution in [0, 0.1) is 5.82 Å². The smallest absolute Gasteiger partial charge is 0.255 e. The molecule has 3 amide bonds. The molecule has 0 aliphatic carbocycles. The van der Waals surface area contributed by atoms with Crippen molar-refractivity contribution in [1.82, 2.24) is 15.1 Å². The van der Waals surface area contributed by atoms with Crippen molar-refractivity contribution < 1.29 is 18.8 Å². The largest absolute Gasteiger partial charge is 0.372 e. The van der Waals surface area contributed by atoms with Crippen LogP contribution in [0.1, 0.15) is 47.2 Å². The number of benzene rings is 2. The van der Waals surface area contributed by atoms with E-state index in [1.165, 1.54) is 35.1 Å². The van der Waals surface area contributed by atoms with Gasteiger partial charge in [0.05, 0.1) is 5.69 Å². The molecule has 0 spiro atoms. The van der Waals surface area contributed by atoms with Gasteiger partial charge < -0.3 is 14.7 Å². The lowest BCUT2D eigenvalue weighted by atomic mass is 10.0. The maximum Gasteiger partial charge on any atom is 0.255 e. The van der Waals surface area contributed by atoms with Crippen molar-refractivity contribution in [3.63, 3.8) is 0 Å². The Morgan fingerprint density at radius 3 is 2.46 bits per heavy atom. The fraction of sp³-hybridized carbons (Fsp3) is 0.464. The summed E-state index contributed by atoms with van der Waals surface area (Å²) in [6, 6.07) is 11.2. The molecule has 8 nitrogen and oxygen atoms in total. The second kappa shape index (κ2) is 9.78. The van der Waals surface area contributed by atoms with Crippen LogP contribution in [0.5, 0.6) is 0 Å². The zero-order valence-electron chi connectivity index (χ0n) is 20.9. The first-order chi connectivity index (χ1) is 18.0. The molecular weight excluding hydrogens is 473 g/mol. The van der Waals surface area contributed by atoms with Crippen LogP contribution < -0.4 is 15.1 Å². The summed E-state index contributed by atoms with van der Waals surface area (Å²) in [5.74, 6) is -1.54. The number of hydrogen-bond acceptors (Lipinski definition) is 6. The second-order valence-electron chi connectivity index (χ2n) is 10.5. The molecule has 9 heteroatoms. The van der Waals surface area contributed by atoms with Gasteiger partial charge in [-0.25, -0.2) is 4.39 Å². The Morgan fingerprint density at radius 1 is 0.919 bits per heavy atom. The van der Waals surface area contributed by atoms with Crippen LogP contribution in [-0.4, -0.2) is 72.8 Å². The Morgan fingerprint density at radius 2 is 1.70 bits per heavy atom. The van der Waals surface area contributed by atoms with E-state index >= 15 is 4.39 Å². The molecule has 4 aliphatic rings. The average Bonchev–Trinajstić information content (AvgIpc) is 3.54. The van der Waals surface area contributed by atoms with Gasteiger partial charge in [0, 0.05) is 70.0 Å². The lowest BCUT2D eigenvalue weighted by Crippen LogP contribution is -2.52. The molecule has 3 fully saturated rings. The molecule has 37 heavy (non-hydrogen) atoms.